The SMILES string of the molecule is CC[C@H](C)[C@H](N)C(=O)N[C@@H](CCCN=C(N)N)C(=O)N[C@@H](CCCCN)C(=O)N[C@H](C(=O)N[C@@H](CC(C)C)C(=O)N[C@@H](Cc1ccccc1)C(=O)N[C@H](Sc1ccccc1)C(=O)N[C@@H](CC(C)C)C(=O)N[C@@H](CC(=O)O)C(=O)NCC(N)=O)[C@@H](C)CC. The first-order valence-electron chi connectivity index (χ1n) is 29.6. The lowest BCUT2D eigenvalue weighted by Crippen LogP contribution is -2.61. The second kappa shape index (κ2) is 39.8. The van der Waals surface area contributed by atoms with Gasteiger partial charge < -0.3 is 81.6 Å². The Morgan fingerprint density at radius 3 is 1.52 bits per heavy atom. The summed E-state index contributed by atoms with van der Waals surface area (Å²) in [5.74, 6) is -10.9. The smallest absolute Gasteiger partial charge is 0.305 e. The van der Waals surface area contributed by atoms with Crippen molar-refractivity contribution in [1.29, 1.82) is 0 Å². The van der Waals surface area contributed by atoms with Crippen LogP contribution in [0, 0.1) is 23.7 Å². The molecule has 0 radical (unpaired) electrons. The number of hydrogen-bond acceptors (Lipinski definition) is 15. The number of aliphatic carboxylic acids is 1. The molecule has 27 nitrogen and oxygen atoms in total. The van der Waals surface area contributed by atoms with Gasteiger partial charge in [0.25, 0.3) is 5.91 Å². The highest BCUT2D eigenvalue weighted by Gasteiger charge is 2.37. The molecule has 20 N–H and O–H groups in total. The van der Waals surface area contributed by atoms with Crippen LogP contribution in [0.15, 0.2) is 70.6 Å². The molecular weight excluding hydrogens is 1140 g/mol. The van der Waals surface area contributed by atoms with Crippen LogP contribution in [0.25, 0.3) is 0 Å². The summed E-state index contributed by atoms with van der Waals surface area (Å²) in [6.45, 7) is 14.2. The Balaban J connectivity index is 2.58. The number of nitrogens with zero attached hydrogens (tertiary/aromatic N) is 1. The van der Waals surface area contributed by atoms with Crippen LogP contribution in [0.3, 0.4) is 0 Å². The summed E-state index contributed by atoms with van der Waals surface area (Å²) >= 11 is 0.906. The lowest BCUT2D eigenvalue weighted by molar-refractivity contribution is -0.141. The molecule has 11 atom stereocenters. The Labute approximate surface area is 514 Å². The van der Waals surface area contributed by atoms with Gasteiger partial charge in [0, 0.05) is 17.9 Å². The second-order valence-corrected chi connectivity index (χ2v) is 23.6. The van der Waals surface area contributed by atoms with Gasteiger partial charge in [-0.1, -0.05) is 129 Å². The van der Waals surface area contributed by atoms with Crippen molar-refractivity contribution in [2.24, 2.45) is 57.3 Å². The molecule has 28 heteroatoms. The molecule has 0 aliphatic carbocycles. The molecule has 0 saturated heterocycles. The van der Waals surface area contributed by atoms with Gasteiger partial charge in [-0.15, -0.1) is 0 Å². The molecule has 2 aromatic carbocycles. The van der Waals surface area contributed by atoms with Crippen molar-refractivity contribution in [1.82, 2.24) is 47.9 Å². The van der Waals surface area contributed by atoms with Gasteiger partial charge in [-0.3, -0.25) is 57.7 Å². The maximum absolute atomic E-state index is 14.8. The quantitative estimate of drug-likeness (QED) is 0.0133. The van der Waals surface area contributed by atoms with Gasteiger partial charge in [-0.2, -0.15) is 0 Å². The Bertz CT molecular complexity index is 2600. The minimum absolute atomic E-state index is 0.0141. The summed E-state index contributed by atoms with van der Waals surface area (Å²) in [5, 5.41) is 31.9. The fraction of sp³-hybridized carbons (Fsp3) is 0.593. The van der Waals surface area contributed by atoms with Gasteiger partial charge in [-0.25, -0.2) is 0 Å². The molecule has 0 aliphatic rings. The molecule has 0 aliphatic heterocycles. The Kier molecular flexibility index (Phi) is 34.4. The predicted octanol–water partition coefficient (Wildman–Crippen LogP) is -0.372. The first kappa shape index (κ1) is 75.2. The maximum Gasteiger partial charge on any atom is 0.305 e. The van der Waals surface area contributed by atoms with Crippen molar-refractivity contribution in [2.75, 3.05) is 19.6 Å². The molecule has 2 aromatic rings. The number of aliphatic imine (C=N–C) groups is 1. The van der Waals surface area contributed by atoms with E-state index in [1.807, 2.05) is 20.8 Å². The summed E-state index contributed by atoms with van der Waals surface area (Å²) < 4.78 is 0. The standard InChI is InChI=1S/C59H95N15O12S/c1-9-35(7)47(62)55(84)68-40(25-19-27-65-59(63)64)50(79)67-39(24-17-18-26-60)51(80)73-48(36(8)10-2)56(85)71-41(28-33(3)4)52(81)69-43(30-37-20-13-11-14-21-37)54(83)74-58(87-38-22-15-12-16-23-38)57(86)72-42(29-34(5)6)53(82)70-44(31-46(76)77)49(78)66-32-45(61)75/h11-16,20-23,33-36,39-44,47-48,58H,9-10,17-19,24-32,60,62H2,1-8H3,(H2,61,75)(H,66,78)(H,67,79)(H,68,84)(H,69,81)(H,70,82)(H,71,85)(H,72,86)(H,73,80)(H,74,83)(H,76,77)(H4,63,64,65)/t35-,36-,39-,40-,41-,42-,43-,44-,47-,48-,58+/m0/s1. The summed E-state index contributed by atoms with van der Waals surface area (Å²) in [6.07, 6.45) is 1.38. The number of guanidine groups is 1. The number of thioether (sulfide) groups is 1. The molecule has 87 heavy (non-hydrogen) atoms. The minimum atomic E-state index is -1.67. The van der Waals surface area contributed by atoms with Crippen LogP contribution < -0.4 is 76.5 Å². The van der Waals surface area contributed by atoms with Gasteiger partial charge in [0.05, 0.1) is 19.0 Å². The normalized spacial score (nSPS) is 14.9. The van der Waals surface area contributed by atoms with Crippen LogP contribution in [0.4, 0.5) is 0 Å². The van der Waals surface area contributed by atoms with E-state index in [2.05, 4.69) is 52.8 Å². The molecule has 2 rings (SSSR count). The summed E-state index contributed by atoms with van der Waals surface area (Å²) in [6, 6.07) is 6.83. The number of carboxylic acids is 1. The number of unbranched alkanes of at least 4 members (excludes halogenated alkanes) is 1. The van der Waals surface area contributed by atoms with E-state index in [0.717, 1.165) is 11.8 Å². The van der Waals surface area contributed by atoms with Crippen LogP contribution in [-0.4, -0.2) is 149 Å². The van der Waals surface area contributed by atoms with Crippen molar-refractivity contribution in [3.8, 4) is 0 Å². The molecule has 0 spiro atoms. The maximum atomic E-state index is 14.8. The molecular formula is C59H95N15O12S. The van der Waals surface area contributed by atoms with Crippen molar-refractivity contribution in [3.63, 3.8) is 0 Å². The summed E-state index contributed by atoms with van der Waals surface area (Å²) in [5.41, 5.74) is 28.8. The molecule has 0 saturated carbocycles. The zero-order valence-corrected chi connectivity index (χ0v) is 52.2. The lowest BCUT2D eigenvalue weighted by atomic mass is 9.95. The van der Waals surface area contributed by atoms with Crippen LogP contribution in [-0.2, 0) is 59.2 Å². The van der Waals surface area contributed by atoms with E-state index in [1.54, 1.807) is 95.3 Å². The van der Waals surface area contributed by atoms with Gasteiger partial charge in [0.2, 0.25) is 53.2 Å². The molecule has 0 bridgehead atoms. The monoisotopic (exact) mass is 1240 g/mol. The molecule has 0 unspecified atom stereocenters. The van der Waals surface area contributed by atoms with E-state index in [-0.39, 0.29) is 75.3 Å². The Hall–Kier alpha value is -7.85. The topological polar surface area (TPSA) is 459 Å². The minimum Gasteiger partial charge on any atom is -0.481 e. The van der Waals surface area contributed by atoms with E-state index in [4.69, 9.17) is 28.7 Å². The number of nitrogens with one attached hydrogen (secondary N) is 9. The first-order valence-corrected chi connectivity index (χ1v) is 30.5. The third kappa shape index (κ3) is 28.9. The van der Waals surface area contributed by atoms with Crippen molar-refractivity contribution < 1.29 is 57.8 Å². The average molecular weight is 1240 g/mol. The van der Waals surface area contributed by atoms with Crippen molar-refractivity contribution >= 4 is 82.8 Å². The second-order valence-electron chi connectivity index (χ2n) is 22.4. The van der Waals surface area contributed by atoms with E-state index in [0.29, 0.717) is 36.1 Å². The highest BCUT2D eigenvalue weighted by molar-refractivity contribution is 8.00. The van der Waals surface area contributed by atoms with E-state index in [1.165, 1.54) is 0 Å². The number of hydrogen-bond donors (Lipinski definition) is 15. The van der Waals surface area contributed by atoms with Gasteiger partial charge >= 0.3 is 5.97 Å². The van der Waals surface area contributed by atoms with E-state index < -0.39 is 138 Å². The number of carboxylic acid groups (broad SMARTS) is 1. The van der Waals surface area contributed by atoms with Crippen LogP contribution in [0.5, 0.6) is 0 Å². The average Bonchev–Trinajstić information content (AvgIpc) is 2.34. The zero-order valence-electron chi connectivity index (χ0n) is 51.4. The molecule has 10 amide bonds. The number of rotatable bonds is 41. The molecule has 0 fully saturated rings. The number of benzene rings is 2. The highest BCUT2D eigenvalue weighted by atomic mass is 32.2. The van der Waals surface area contributed by atoms with Crippen molar-refractivity contribution in [2.45, 2.75) is 185 Å². The number of primary amides is 1. The lowest BCUT2D eigenvalue weighted by Gasteiger charge is -2.30. The fourth-order valence-electron chi connectivity index (χ4n) is 8.76. The summed E-state index contributed by atoms with van der Waals surface area (Å²) in [7, 11) is 0. The van der Waals surface area contributed by atoms with Gasteiger partial charge in [-0.05, 0) is 92.9 Å². The highest BCUT2D eigenvalue weighted by Crippen LogP contribution is 2.23. The number of carbonyl (C=O) groups excluding carboxylic acids is 10. The molecule has 0 heterocycles. The van der Waals surface area contributed by atoms with Crippen LogP contribution in [0.2, 0.25) is 0 Å². The van der Waals surface area contributed by atoms with Crippen molar-refractivity contribution in [3.05, 3.63) is 66.2 Å². The Morgan fingerprint density at radius 1 is 0.529 bits per heavy atom. The number of amides is 10. The zero-order chi connectivity index (χ0) is 65.3. The van der Waals surface area contributed by atoms with Gasteiger partial charge in [0.1, 0.15) is 42.3 Å². The largest absolute Gasteiger partial charge is 0.481 e. The summed E-state index contributed by atoms with van der Waals surface area (Å²) in [4.78, 5) is 155. The fourth-order valence-corrected chi connectivity index (χ4v) is 9.69. The first-order chi connectivity index (χ1) is 41.1. The Morgan fingerprint density at radius 2 is 1.00 bits per heavy atom. The van der Waals surface area contributed by atoms with E-state index in [9.17, 15) is 57.8 Å². The van der Waals surface area contributed by atoms with Gasteiger partial charge in [0.15, 0.2) is 11.3 Å². The van der Waals surface area contributed by atoms with Crippen LogP contribution >= 0.6 is 11.8 Å². The predicted molar refractivity (Wildman–Crippen MR) is 331 cm³/mol. The third-order valence-corrected chi connectivity index (χ3v) is 15.2. The number of nitrogens with two attached hydrogens (primary N) is 5. The van der Waals surface area contributed by atoms with E-state index >= 15 is 0 Å². The van der Waals surface area contributed by atoms with Crippen LogP contribution in [0.1, 0.15) is 125 Å². The molecule has 0 aromatic heterocycles. The number of carbonyl (C=O) groups is 11. The molecule has 484 valence electrons. The third-order valence-electron chi connectivity index (χ3n) is 14.1.